The first-order valence-corrected chi connectivity index (χ1v) is 10.1. The average Bonchev–Trinajstić information content (AvgIpc) is 3.46. The molecule has 1 aliphatic carbocycles. The van der Waals surface area contributed by atoms with Gasteiger partial charge in [0.1, 0.15) is 5.82 Å². The highest BCUT2D eigenvalue weighted by molar-refractivity contribution is 6.32. The molecule has 1 amide bonds. The zero-order chi connectivity index (χ0) is 21.3. The third-order valence-corrected chi connectivity index (χ3v) is 5.43. The van der Waals surface area contributed by atoms with Crippen LogP contribution in [0.4, 0.5) is 0 Å². The van der Waals surface area contributed by atoms with E-state index < -0.39 is 17.9 Å². The van der Waals surface area contributed by atoms with Gasteiger partial charge in [0.2, 0.25) is 5.82 Å². The summed E-state index contributed by atoms with van der Waals surface area (Å²) >= 11 is 6.33. The Hall–Kier alpha value is -3.19. The van der Waals surface area contributed by atoms with Crippen LogP contribution in [0.3, 0.4) is 0 Å². The molecular weight excluding hydrogens is 404 g/mol. The Bertz CT molecular complexity index is 1110. The van der Waals surface area contributed by atoms with Crippen molar-refractivity contribution in [1.82, 2.24) is 20.1 Å². The lowest BCUT2D eigenvalue weighted by Gasteiger charge is -2.18. The fraction of sp³-hybridized carbons (Fsp3) is 0.273. The first-order valence-electron chi connectivity index (χ1n) is 9.74. The van der Waals surface area contributed by atoms with Gasteiger partial charge in [-0.3, -0.25) is 9.59 Å². The molecule has 0 spiro atoms. The molecule has 1 saturated carbocycles. The van der Waals surface area contributed by atoms with E-state index in [0.29, 0.717) is 16.5 Å². The second-order valence-electron chi connectivity index (χ2n) is 7.41. The number of carboxylic acid groups (broad SMARTS) is 1. The number of hydrogen-bond donors (Lipinski definition) is 2. The highest BCUT2D eigenvalue weighted by atomic mass is 35.5. The van der Waals surface area contributed by atoms with Crippen LogP contribution in [0.5, 0.6) is 0 Å². The van der Waals surface area contributed by atoms with Crippen molar-refractivity contribution >= 4 is 23.5 Å². The number of carbonyl (C=O) groups is 2. The minimum Gasteiger partial charge on any atom is -0.481 e. The molecule has 0 bridgehead atoms. The molecule has 1 heterocycles. The van der Waals surface area contributed by atoms with Crippen LogP contribution in [0.15, 0.2) is 48.5 Å². The predicted octanol–water partition coefficient (Wildman–Crippen LogP) is 4.05. The lowest BCUT2D eigenvalue weighted by Crippen LogP contribution is -2.31. The second-order valence-corrected chi connectivity index (χ2v) is 7.82. The maximum atomic E-state index is 13.0. The Morgan fingerprint density at radius 1 is 1.20 bits per heavy atom. The Balaban J connectivity index is 1.66. The maximum absolute atomic E-state index is 13.0. The van der Waals surface area contributed by atoms with Gasteiger partial charge in [-0.25, -0.2) is 9.67 Å². The van der Waals surface area contributed by atoms with Crippen molar-refractivity contribution in [3.63, 3.8) is 0 Å². The van der Waals surface area contributed by atoms with Gasteiger partial charge in [-0.05, 0) is 43.0 Å². The number of carboxylic acids is 1. The summed E-state index contributed by atoms with van der Waals surface area (Å²) < 4.78 is 1.62. The molecule has 4 rings (SSSR count). The molecule has 0 radical (unpaired) electrons. The van der Waals surface area contributed by atoms with Gasteiger partial charge >= 0.3 is 5.97 Å². The van der Waals surface area contributed by atoms with E-state index in [1.54, 1.807) is 10.7 Å². The van der Waals surface area contributed by atoms with Gasteiger partial charge < -0.3 is 10.4 Å². The van der Waals surface area contributed by atoms with Gasteiger partial charge in [0.15, 0.2) is 0 Å². The zero-order valence-electron chi connectivity index (χ0n) is 16.4. The SMILES string of the molecule is Cc1ccccc1[C@H](CC(=O)O)NC(=O)c1nc(C2CC2)n(-c2ccccc2Cl)n1. The minimum atomic E-state index is -1.00. The third kappa shape index (κ3) is 4.21. The number of aromatic nitrogens is 3. The zero-order valence-corrected chi connectivity index (χ0v) is 17.1. The van der Waals surface area contributed by atoms with E-state index >= 15 is 0 Å². The molecule has 2 N–H and O–H groups in total. The number of amides is 1. The van der Waals surface area contributed by atoms with E-state index in [0.717, 1.165) is 24.0 Å². The second kappa shape index (κ2) is 8.28. The highest BCUT2D eigenvalue weighted by Crippen LogP contribution is 2.40. The molecule has 154 valence electrons. The van der Waals surface area contributed by atoms with Gasteiger partial charge in [0.05, 0.1) is 23.2 Å². The molecule has 1 aliphatic rings. The molecule has 0 unspecified atom stereocenters. The summed E-state index contributed by atoms with van der Waals surface area (Å²) in [6.45, 7) is 1.88. The molecule has 1 fully saturated rings. The molecule has 0 saturated heterocycles. The molecule has 3 aromatic rings. The number of nitrogens with zero attached hydrogens (tertiary/aromatic N) is 3. The predicted molar refractivity (Wildman–Crippen MR) is 112 cm³/mol. The van der Waals surface area contributed by atoms with Crippen molar-refractivity contribution in [2.75, 3.05) is 0 Å². The molecule has 30 heavy (non-hydrogen) atoms. The number of aryl methyl sites for hydroxylation is 1. The van der Waals surface area contributed by atoms with Crippen LogP contribution < -0.4 is 5.32 Å². The Morgan fingerprint density at radius 2 is 1.90 bits per heavy atom. The van der Waals surface area contributed by atoms with E-state index in [1.807, 2.05) is 49.4 Å². The largest absolute Gasteiger partial charge is 0.481 e. The van der Waals surface area contributed by atoms with E-state index in [4.69, 9.17) is 11.6 Å². The standard InChI is InChI=1S/C22H21ClN4O3/c1-13-6-2-3-7-15(13)17(12-19(28)29)24-22(30)20-25-21(14-10-11-14)27(26-20)18-9-5-4-8-16(18)23/h2-9,14,17H,10-12H2,1H3,(H,24,30)(H,28,29)/t17-/m0/s1. The third-order valence-electron chi connectivity index (χ3n) is 5.11. The van der Waals surface area contributed by atoms with Crippen LogP contribution >= 0.6 is 11.6 Å². The summed E-state index contributed by atoms with van der Waals surface area (Å²) in [4.78, 5) is 28.8. The van der Waals surface area contributed by atoms with Gasteiger partial charge in [-0.15, -0.1) is 5.10 Å². The number of hydrogen-bond acceptors (Lipinski definition) is 4. The normalized spacial score (nSPS) is 14.3. The number of para-hydroxylation sites is 1. The van der Waals surface area contributed by atoms with Crippen molar-refractivity contribution in [1.29, 1.82) is 0 Å². The smallest absolute Gasteiger partial charge is 0.305 e. The lowest BCUT2D eigenvalue weighted by molar-refractivity contribution is -0.137. The van der Waals surface area contributed by atoms with Crippen molar-refractivity contribution in [3.8, 4) is 5.69 Å². The molecule has 7 nitrogen and oxygen atoms in total. The summed E-state index contributed by atoms with van der Waals surface area (Å²) in [5, 5.41) is 17.0. The number of halogens is 1. The van der Waals surface area contributed by atoms with E-state index in [-0.39, 0.29) is 18.2 Å². The van der Waals surface area contributed by atoms with E-state index in [2.05, 4.69) is 15.4 Å². The fourth-order valence-corrected chi connectivity index (χ4v) is 3.66. The quantitative estimate of drug-likeness (QED) is 0.596. The number of rotatable bonds is 7. The Kier molecular flexibility index (Phi) is 5.55. The molecular formula is C22H21ClN4O3. The fourth-order valence-electron chi connectivity index (χ4n) is 3.44. The topological polar surface area (TPSA) is 97.1 Å². The minimum absolute atomic E-state index is 0.000734. The first-order chi connectivity index (χ1) is 14.4. The van der Waals surface area contributed by atoms with Crippen LogP contribution in [0.2, 0.25) is 5.02 Å². The van der Waals surface area contributed by atoms with Crippen molar-refractivity contribution in [3.05, 3.63) is 76.3 Å². The van der Waals surface area contributed by atoms with Gasteiger partial charge in [0, 0.05) is 5.92 Å². The van der Waals surface area contributed by atoms with Crippen LogP contribution in [0.1, 0.15) is 58.8 Å². The average molecular weight is 425 g/mol. The number of carbonyl (C=O) groups excluding carboxylic acids is 1. The summed E-state index contributed by atoms with van der Waals surface area (Å²) in [6.07, 6.45) is 1.72. The monoisotopic (exact) mass is 424 g/mol. The van der Waals surface area contributed by atoms with Gasteiger partial charge in [-0.1, -0.05) is 48.0 Å². The van der Waals surface area contributed by atoms with Crippen molar-refractivity contribution in [2.24, 2.45) is 0 Å². The molecule has 0 aliphatic heterocycles. The van der Waals surface area contributed by atoms with Crippen molar-refractivity contribution in [2.45, 2.75) is 38.1 Å². The number of benzene rings is 2. The van der Waals surface area contributed by atoms with Crippen LogP contribution in [-0.4, -0.2) is 31.7 Å². The summed E-state index contributed by atoms with van der Waals surface area (Å²) in [7, 11) is 0. The highest BCUT2D eigenvalue weighted by Gasteiger charge is 2.32. The van der Waals surface area contributed by atoms with Crippen LogP contribution in [0, 0.1) is 6.92 Å². The van der Waals surface area contributed by atoms with Gasteiger partial charge in [-0.2, -0.15) is 0 Å². The molecule has 1 aromatic heterocycles. The summed E-state index contributed by atoms with van der Waals surface area (Å²) in [5.41, 5.74) is 2.31. The van der Waals surface area contributed by atoms with Crippen molar-refractivity contribution < 1.29 is 14.7 Å². The summed E-state index contributed by atoms with van der Waals surface area (Å²) in [6, 6.07) is 14.0. The van der Waals surface area contributed by atoms with E-state index in [9.17, 15) is 14.7 Å². The molecule has 2 aromatic carbocycles. The molecule has 8 heteroatoms. The number of aliphatic carboxylic acids is 1. The van der Waals surface area contributed by atoms with E-state index in [1.165, 1.54) is 0 Å². The summed E-state index contributed by atoms with van der Waals surface area (Å²) in [5.74, 6) is -0.588. The van der Waals surface area contributed by atoms with Crippen LogP contribution in [0.25, 0.3) is 5.69 Å². The Morgan fingerprint density at radius 3 is 2.57 bits per heavy atom. The lowest BCUT2D eigenvalue weighted by atomic mass is 9.99. The number of nitrogens with one attached hydrogen (secondary N) is 1. The van der Waals surface area contributed by atoms with Crippen LogP contribution in [-0.2, 0) is 4.79 Å². The Labute approximate surface area is 178 Å². The van der Waals surface area contributed by atoms with Gasteiger partial charge in [0.25, 0.3) is 5.91 Å². The maximum Gasteiger partial charge on any atom is 0.305 e. The first kappa shape index (κ1) is 20.1. The molecule has 1 atom stereocenters.